The van der Waals surface area contributed by atoms with Gasteiger partial charge >= 0.3 is 0 Å². The van der Waals surface area contributed by atoms with Crippen molar-refractivity contribution in [3.63, 3.8) is 0 Å². The van der Waals surface area contributed by atoms with Crippen molar-refractivity contribution in [1.29, 1.82) is 0 Å². The molecule has 3 heteroatoms. The Morgan fingerprint density at radius 2 is 1.95 bits per heavy atom. The first kappa shape index (κ1) is 15.5. The van der Waals surface area contributed by atoms with Crippen molar-refractivity contribution in [2.45, 2.75) is 26.2 Å². The number of nitrogens with one attached hydrogen (secondary N) is 1. The minimum absolute atomic E-state index is 0.0886. The van der Waals surface area contributed by atoms with Gasteiger partial charge in [0.2, 0.25) is 5.91 Å². The lowest BCUT2D eigenvalue weighted by Gasteiger charge is -2.09. The Hall–Kier alpha value is -1.87. The van der Waals surface area contributed by atoms with Crippen LogP contribution in [0, 0.1) is 5.92 Å². The molecule has 21 heavy (non-hydrogen) atoms. The van der Waals surface area contributed by atoms with Crippen LogP contribution in [0.3, 0.4) is 0 Å². The smallest absolute Gasteiger partial charge is 0.224 e. The maximum Gasteiger partial charge on any atom is 0.224 e. The number of carbonyl (C=O) groups is 1. The first-order chi connectivity index (χ1) is 10.2. The van der Waals surface area contributed by atoms with Gasteiger partial charge in [-0.15, -0.1) is 0 Å². The van der Waals surface area contributed by atoms with Crippen molar-refractivity contribution in [1.82, 2.24) is 5.32 Å². The molecule has 0 aliphatic heterocycles. The molecule has 0 aliphatic carbocycles. The summed E-state index contributed by atoms with van der Waals surface area (Å²) >= 11 is 0. The summed E-state index contributed by atoms with van der Waals surface area (Å²) in [5.41, 5.74) is 6.63. The molecule has 0 aromatic heterocycles. The Morgan fingerprint density at radius 3 is 2.71 bits per heavy atom. The van der Waals surface area contributed by atoms with E-state index in [1.165, 1.54) is 10.8 Å². The van der Waals surface area contributed by atoms with Crippen molar-refractivity contribution < 1.29 is 4.79 Å². The highest BCUT2D eigenvalue weighted by Gasteiger charge is 2.04. The van der Waals surface area contributed by atoms with Gasteiger partial charge in [-0.3, -0.25) is 4.79 Å². The lowest BCUT2D eigenvalue weighted by atomic mass is 10.0. The van der Waals surface area contributed by atoms with Gasteiger partial charge in [-0.2, -0.15) is 0 Å². The summed E-state index contributed by atoms with van der Waals surface area (Å²) in [6.45, 7) is 3.58. The minimum atomic E-state index is 0.0886. The summed E-state index contributed by atoms with van der Waals surface area (Å²) in [7, 11) is 0. The molecule has 112 valence electrons. The summed E-state index contributed by atoms with van der Waals surface area (Å²) in [4.78, 5) is 11.9. The fourth-order valence-corrected chi connectivity index (χ4v) is 2.39. The number of hydrogen-bond donors (Lipinski definition) is 2. The number of hydrogen-bond acceptors (Lipinski definition) is 2. The van der Waals surface area contributed by atoms with E-state index in [2.05, 4.69) is 36.5 Å². The Balaban J connectivity index is 1.81. The molecule has 2 rings (SSSR count). The van der Waals surface area contributed by atoms with Crippen molar-refractivity contribution in [3.05, 3.63) is 48.0 Å². The zero-order chi connectivity index (χ0) is 15.1. The molecule has 0 radical (unpaired) electrons. The molecule has 0 spiro atoms. The fourth-order valence-electron chi connectivity index (χ4n) is 2.39. The molecule has 0 saturated carbocycles. The fraction of sp³-hybridized carbons (Fsp3) is 0.389. The van der Waals surface area contributed by atoms with Gasteiger partial charge in [-0.25, -0.2) is 0 Å². The van der Waals surface area contributed by atoms with Crippen LogP contribution in [0.15, 0.2) is 42.5 Å². The van der Waals surface area contributed by atoms with Crippen LogP contribution in [0.5, 0.6) is 0 Å². The Bertz CT molecular complexity index is 595. The Labute approximate surface area is 126 Å². The lowest BCUT2D eigenvalue weighted by Crippen LogP contribution is -2.26. The molecule has 1 unspecified atom stereocenters. The molecule has 1 amide bonds. The SMILES string of the molecule is CC(CN)CCCNC(=O)Cc1ccc2ccccc2c1. The predicted octanol–water partition coefficient (Wildman–Crippen LogP) is 2.87. The molecule has 0 fully saturated rings. The molecule has 0 aliphatic rings. The van der Waals surface area contributed by atoms with Crippen molar-refractivity contribution >= 4 is 16.7 Å². The van der Waals surface area contributed by atoms with Crippen LogP contribution in [0.2, 0.25) is 0 Å². The molecule has 0 heterocycles. The van der Waals surface area contributed by atoms with Crippen LogP contribution < -0.4 is 11.1 Å². The number of nitrogens with two attached hydrogens (primary N) is 1. The van der Waals surface area contributed by atoms with Gasteiger partial charge in [0.15, 0.2) is 0 Å². The van der Waals surface area contributed by atoms with Gasteiger partial charge in [-0.1, -0.05) is 49.4 Å². The number of amides is 1. The van der Waals surface area contributed by atoms with E-state index in [9.17, 15) is 4.79 Å². The number of benzene rings is 2. The highest BCUT2D eigenvalue weighted by molar-refractivity contribution is 5.85. The second kappa shape index (κ2) is 7.79. The molecule has 0 bridgehead atoms. The topological polar surface area (TPSA) is 55.1 Å². The Kier molecular flexibility index (Phi) is 5.76. The zero-order valence-corrected chi connectivity index (χ0v) is 12.6. The van der Waals surface area contributed by atoms with Crippen molar-refractivity contribution in [2.75, 3.05) is 13.1 Å². The highest BCUT2D eigenvalue weighted by atomic mass is 16.1. The molecule has 2 aromatic rings. The van der Waals surface area contributed by atoms with E-state index in [1.54, 1.807) is 0 Å². The summed E-state index contributed by atoms with van der Waals surface area (Å²) in [5.74, 6) is 0.619. The molecule has 1 atom stereocenters. The van der Waals surface area contributed by atoms with E-state index in [1.807, 2.05) is 18.2 Å². The van der Waals surface area contributed by atoms with Gasteiger partial charge < -0.3 is 11.1 Å². The van der Waals surface area contributed by atoms with Crippen LogP contribution in [-0.2, 0) is 11.2 Å². The minimum Gasteiger partial charge on any atom is -0.356 e. The second-order valence-electron chi connectivity index (χ2n) is 5.69. The summed E-state index contributed by atoms with van der Waals surface area (Å²) in [6, 6.07) is 14.4. The van der Waals surface area contributed by atoms with E-state index in [0.29, 0.717) is 18.9 Å². The molecule has 0 saturated heterocycles. The van der Waals surface area contributed by atoms with Crippen molar-refractivity contribution in [3.8, 4) is 0 Å². The van der Waals surface area contributed by atoms with Gasteiger partial charge in [0.1, 0.15) is 0 Å². The molecular weight excluding hydrogens is 260 g/mol. The summed E-state index contributed by atoms with van der Waals surface area (Å²) in [6.07, 6.45) is 2.49. The van der Waals surface area contributed by atoms with Crippen LogP contribution in [-0.4, -0.2) is 19.0 Å². The van der Waals surface area contributed by atoms with Crippen LogP contribution in [0.4, 0.5) is 0 Å². The van der Waals surface area contributed by atoms with E-state index < -0.39 is 0 Å². The standard InChI is InChI=1S/C18H24N2O/c1-14(13-19)5-4-10-20-18(21)12-15-8-9-16-6-2-3-7-17(16)11-15/h2-3,6-9,11,14H,4-5,10,12-13,19H2,1H3,(H,20,21). The molecule has 3 N–H and O–H groups in total. The van der Waals surface area contributed by atoms with Crippen LogP contribution in [0.25, 0.3) is 10.8 Å². The van der Waals surface area contributed by atoms with Crippen LogP contribution in [0.1, 0.15) is 25.3 Å². The Morgan fingerprint density at radius 1 is 1.19 bits per heavy atom. The normalized spacial score (nSPS) is 12.3. The maximum absolute atomic E-state index is 11.9. The monoisotopic (exact) mass is 284 g/mol. The quantitative estimate of drug-likeness (QED) is 0.768. The van der Waals surface area contributed by atoms with Gasteiger partial charge in [0.05, 0.1) is 6.42 Å². The van der Waals surface area contributed by atoms with Gasteiger partial charge in [0, 0.05) is 6.54 Å². The van der Waals surface area contributed by atoms with Gasteiger partial charge in [0.25, 0.3) is 0 Å². The lowest BCUT2D eigenvalue weighted by molar-refractivity contribution is -0.120. The summed E-state index contributed by atoms with van der Waals surface area (Å²) < 4.78 is 0. The van der Waals surface area contributed by atoms with Crippen molar-refractivity contribution in [2.24, 2.45) is 11.7 Å². The van der Waals surface area contributed by atoms with E-state index >= 15 is 0 Å². The van der Waals surface area contributed by atoms with Gasteiger partial charge in [-0.05, 0) is 41.6 Å². The van der Waals surface area contributed by atoms with E-state index in [0.717, 1.165) is 24.9 Å². The number of fused-ring (bicyclic) bond motifs is 1. The summed E-state index contributed by atoms with van der Waals surface area (Å²) in [5, 5.41) is 5.37. The zero-order valence-electron chi connectivity index (χ0n) is 12.6. The third-order valence-corrected chi connectivity index (χ3v) is 3.78. The third kappa shape index (κ3) is 4.87. The largest absolute Gasteiger partial charge is 0.356 e. The predicted molar refractivity (Wildman–Crippen MR) is 88.1 cm³/mol. The van der Waals surface area contributed by atoms with E-state index in [-0.39, 0.29) is 5.91 Å². The first-order valence-corrected chi connectivity index (χ1v) is 7.63. The van der Waals surface area contributed by atoms with Crippen LogP contribution >= 0.6 is 0 Å². The highest BCUT2D eigenvalue weighted by Crippen LogP contribution is 2.15. The third-order valence-electron chi connectivity index (χ3n) is 3.78. The molecule has 3 nitrogen and oxygen atoms in total. The number of rotatable bonds is 7. The first-order valence-electron chi connectivity index (χ1n) is 7.63. The second-order valence-corrected chi connectivity index (χ2v) is 5.69. The maximum atomic E-state index is 11.9. The number of carbonyl (C=O) groups excluding carboxylic acids is 1. The average molecular weight is 284 g/mol. The van der Waals surface area contributed by atoms with E-state index in [4.69, 9.17) is 5.73 Å². The molecular formula is C18H24N2O. The average Bonchev–Trinajstić information content (AvgIpc) is 2.51. The molecule has 2 aromatic carbocycles.